The van der Waals surface area contributed by atoms with Crippen LogP contribution in [0.25, 0.3) is 0 Å². The molecule has 3 aliphatic rings. The number of piperazine rings is 1. The summed E-state index contributed by atoms with van der Waals surface area (Å²) in [5.74, 6) is -0.365. The minimum Gasteiger partial charge on any atom is -0.304 e. The molecule has 6 nitrogen and oxygen atoms in total. The average Bonchev–Trinajstić information content (AvgIpc) is 2.88. The summed E-state index contributed by atoms with van der Waals surface area (Å²) in [4.78, 5) is 17.4. The fraction of sp³-hybridized carbons (Fsp3) is 0.429. The highest BCUT2D eigenvalue weighted by atomic mass is 19.1. The van der Waals surface area contributed by atoms with Gasteiger partial charge in [-0.05, 0) is 55.1 Å². The minimum absolute atomic E-state index is 0.0139. The SMILES string of the molecule is CN1CCN(Cc2ccc(C3NC4CCCc5c4c(n[nH]c5=O)C3c3ccc(F)cc3)cc2)CC1. The number of benzene rings is 2. The number of halogens is 1. The van der Waals surface area contributed by atoms with Gasteiger partial charge in [0.25, 0.3) is 5.56 Å². The summed E-state index contributed by atoms with van der Waals surface area (Å²) >= 11 is 0. The highest BCUT2D eigenvalue weighted by Gasteiger charge is 2.40. The van der Waals surface area contributed by atoms with Crippen LogP contribution in [0.2, 0.25) is 0 Å². The summed E-state index contributed by atoms with van der Waals surface area (Å²) in [6.45, 7) is 5.38. The first-order valence-corrected chi connectivity index (χ1v) is 12.7. The molecule has 1 fully saturated rings. The number of nitrogens with one attached hydrogen (secondary N) is 2. The topological polar surface area (TPSA) is 64.3 Å². The molecule has 3 unspecified atom stereocenters. The van der Waals surface area contributed by atoms with Gasteiger partial charge in [-0.1, -0.05) is 36.4 Å². The first kappa shape index (κ1) is 22.6. The summed E-state index contributed by atoms with van der Waals surface area (Å²) in [5.41, 5.74) is 6.24. The van der Waals surface area contributed by atoms with Crippen molar-refractivity contribution in [2.45, 2.75) is 43.8 Å². The lowest BCUT2D eigenvalue weighted by Gasteiger charge is -2.41. The van der Waals surface area contributed by atoms with E-state index in [-0.39, 0.29) is 29.4 Å². The molecular weight excluding hydrogens is 441 g/mol. The molecule has 1 saturated heterocycles. The second-order valence-corrected chi connectivity index (χ2v) is 10.3. The molecule has 182 valence electrons. The molecule has 0 bridgehead atoms. The van der Waals surface area contributed by atoms with Crippen molar-refractivity contribution in [3.05, 3.63) is 98.2 Å². The summed E-state index contributed by atoms with van der Waals surface area (Å²) in [6.07, 6.45) is 2.74. The quantitative estimate of drug-likeness (QED) is 0.607. The monoisotopic (exact) mass is 473 g/mol. The van der Waals surface area contributed by atoms with Crippen molar-refractivity contribution in [2.24, 2.45) is 0 Å². The number of hydrogen-bond donors (Lipinski definition) is 2. The third kappa shape index (κ3) is 4.33. The predicted molar refractivity (Wildman–Crippen MR) is 134 cm³/mol. The van der Waals surface area contributed by atoms with Crippen LogP contribution < -0.4 is 10.9 Å². The van der Waals surface area contributed by atoms with Gasteiger partial charge >= 0.3 is 0 Å². The van der Waals surface area contributed by atoms with Crippen molar-refractivity contribution in [2.75, 3.05) is 33.2 Å². The van der Waals surface area contributed by atoms with Crippen LogP contribution in [0, 0.1) is 5.82 Å². The maximum atomic E-state index is 13.8. The molecule has 0 spiro atoms. The van der Waals surface area contributed by atoms with E-state index in [1.54, 1.807) is 0 Å². The maximum absolute atomic E-state index is 13.8. The van der Waals surface area contributed by atoms with Crippen molar-refractivity contribution in [3.8, 4) is 0 Å². The Morgan fingerprint density at radius 1 is 1.00 bits per heavy atom. The van der Waals surface area contributed by atoms with Gasteiger partial charge in [0, 0.05) is 61.9 Å². The van der Waals surface area contributed by atoms with E-state index in [2.05, 4.69) is 56.6 Å². The van der Waals surface area contributed by atoms with Gasteiger partial charge in [0.2, 0.25) is 0 Å². The fourth-order valence-electron chi connectivity index (χ4n) is 6.06. The van der Waals surface area contributed by atoms with Crippen LogP contribution in [0.3, 0.4) is 0 Å². The van der Waals surface area contributed by atoms with Gasteiger partial charge in [-0.3, -0.25) is 9.69 Å². The Kier molecular flexibility index (Phi) is 6.00. The van der Waals surface area contributed by atoms with E-state index < -0.39 is 0 Å². The molecule has 3 heterocycles. The second-order valence-electron chi connectivity index (χ2n) is 10.3. The van der Waals surface area contributed by atoms with E-state index in [0.29, 0.717) is 0 Å². The molecule has 0 amide bonds. The van der Waals surface area contributed by atoms with Crippen molar-refractivity contribution in [1.82, 2.24) is 25.3 Å². The zero-order chi connectivity index (χ0) is 23.9. The summed E-state index contributed by atoms with van der Waals surface area (Å²) in [5, 5.41) is 11.2. The average molecular weight is 474 g/mol. The number of aromatic nitrogens is 2. The third-order valence-electron chi connectivity index (χ3n) is 8.00. The zero-order valence-electron chi connectivity index (χ0n) is 20.1. The molecule has 1 aliphatic carbocycles. The Bertz CT molecular complexity index is 1250. The van der Waals surface area contributed by atoms with Gasteiger partial charge in [0.1, 0.15) is 5.82 Å². The van der Waals surface area contributed by atoms with E-state index in [1.807, 2.05) is 12.1 Å². The van der Waals surface area contributed by atoms with Gasteiger partial charge in [-0.25, -0.2) is 9.49 Å². The first-order chi connectivity index (χ1) is 17.1. The molecule has 35 heavy (non-hydrogen) atoms. The van der Waals surface area contributed by atoms with Crippen molar-refractivity contribution < 1.29 is 4.39 Å². The minimum atomic E-state index is -0.253. The Labute approximate surface area is 205 Å². The first-order valence-electron chi connectivity index (χ1n) is 12.7. The lowest BCUT2D eigenvalue weighted by Crippen LogP contribution is -2.43. The van der Waals surface area contributed by atoms with E-state index in [4.69, 9.17) is 0 Å². The normalized spacial score (nSPS) is 24.8. The van der Waals surface area contributed by atoms with Crippen LogP contribution in [0.1, 0.15) is 64.4 Å². The standard InChI is InChI=1S/C28H32FN5O/c1-33-13-15-34(16-14-33)17-18-5-7-20(8-6-18)26-24(19-9-11-21(29)12-10-19)27-25-22(28(35)32-31-27)3-2-4-23(25)30-26/h5-12,23-24,26,30H,2-4,13-17H2,1H3,(H,32,35). The maximum Gasteiger partial charge on any atom is 0.267 e. The zero-order valence-corrected chi connectivity index (χ0v) is 20.1. The molecule has 2 aromatic carbocycles. The van der Waals surface area contributed by atoms with E-state index in [0.717, 1.165) is 74.4 Å². The Morgan fingerprint density at radius 2 is 1.71 bits per heavy atom. The van der Waals surface area contributed by atoms with Crippen LogP contribution in [0.15, 0.2) is 53.3 Å². The van der Waals surface area contributed by atoms with Gasteiger partial charge in [0.05, 0.1) is 5.69 Å². The Morgan fingerprint density at radius 3 is 2.46 bits per heavy atom. The van der Waals surface area contributed by atoms with E-state index in [1.165, 1.54) is 23.3 Å². The fourth-order valence-corrected chi connectivity index (χ4v) is 6.06. The molecule has 3 atom stereocenters. The second kappa shape index (κ2) is 9.30. The largest absolute Gasteiger partial charge is 0.304 e. The molecule has 3 aromatic rings. The van der Waals surface area contributed by atoms with Crippen LogP contribution in [-0.2, 0) is 13.0 Å². The van der Waals surface area contributed by atoms with Gasteiger partial charge in [-0.2, -0.15) is 5.10 Å². The predicted octanol–water partition coefficient (Wildman–Crippen LogP) is 3.51. The summed E-state index contributed by atoms with van der Waals surface area (Å²) < 4.78 is 13.8. The Hall–Kier alpha value is -2.87. The van der Waals surface area contributed by atoms with Crippen molar-refractivity contribution in [3.63, 3.8) is 0 Å². The smallest absolute Gasteiger partial charge is 0.267 e. The van der Waals surface area contributed by atoms with Crippen LogP contribution in [0.4, 0.5) is 4.39 Å². The van der Waals surface area contributed by atoms with Gasteiger partial charge < -0.3 is 10.2 Å². The molecule has 0 saturated carbocycles. The number of likely N-dealkylation sites (N-methyl/N-ethyl adjacent to an activating group) is 1. The molecule has 2 N–H and O–H groups in total. The Balaban J connectivity index is 1.35. The van der Waals surface area contributed by atoms with Crippen LogP contribution in [0.5, 0.6) is 0 Å². The molecular formula is C28H32FN5O. The molecule has 1 aromatic heterocycles. The van der Waals surface area contributed by atoms with Gasteiger partial charge in [0.15, 0.2) is 0 Å². The van der Waals surface area contributed by atoms with Crippen LogP contribution in [-0.4, -0.2) is 53.2 Å². The molecule has 0 radical (unpaired) electrons. The van der Waals surface area contributed by atoms with Gasteiger partial charge in [-0.15, -0.1) is 0 Å². The lowest BCUT2D eigenvalue weighted by molar-refractivity contribution is 0.148. The van der Waals surface area contributed by atoms with Crippen molar-refractivity contribution in [1.29, 1.82) is 0 Å². The molecule has 2 aliphatic heterocycles. The highest BCUT2D eigenvalue weighted by Crippen LogP contribution is 2.47. The lowest BCUT2D eigenvalue weighted by atomic mass is 9.74. The number of rotatable bonds is 4. The van der Waals surface area contributed by atoms with E-state index in [9.17, 15) is 9.18 Å². The highest BCUT2D eigenvalue weighted by molar-refractivity contribution is 5.46. The number of hydrogen-bond acceptors (Lipinski definition) is 5. The summed E-state index contributed by atoms with van der Waals surface area (Å²) in [7, 11) is 2.18. The van der Waals surface area contributed by atoms with E-state index >= 15 is 0 Å². The molecule has 7 heteroatoms. The van der Waals surface area contributed by atoms with Crippen LogP contribution >= 0.6 is 0 Å². The summed E-state index contributed by atoms with van der Waals surface area (Å²) in [6, 6.07) is 15.7. The molecule has 6 rings (SSSR count). The third-order valence-corrected chi connectivity index (χ3v) is 8.00. The number of nitrogens with zero attached hydrogens (tertiary/aromatic N) is 3. The van der Waals surface area contributed by atoms with Crippen molar-refractivity contribution >= 4 is 0 Å². The number of aromatic amines is 1. The number of H-pyrrole nitrogens is 1.